The number of rotatable bonds is 2. The van der Waals surface area contributed by atoms with Gasteiger partial charge in [0.2, 0.25) is 0 Å². The summed E-state index contributed by atoms with van der Waals surface area (Å²) in [7, 11) is 0. The monoisotopic (exact) mass is 163 g/mol. The molecule has 0 aromatic carbocycles. The van der Waals surface area contributed by atoms with Crippen LogP contribution in [0.25, 0.3) is 0 Å². The minimum Gasteiger partial charge on any atom is -0.329 e. The van der Waals surface area contributed by atoms with Gasteiger partial charge in [0.05, 0.1) is 0 Å². The van der Waals surface area contributed by atoms with Crippen molar-refractivity contribution in [2.24, 2.45) is 5.92 Å². The zero-order valence-electron chi connectivity index (χ0n) is 7.26. The Labute approximate surface area is 71.6 Å². The zero-order chi connectivity index (χ0) is 8.55. The highest BCUT2D eigenvalue weighted by Gasteiger charge is 2.22. The lowest BCUT2D eigenvalue weighted by Crippen LogP contribution is -2.11. The lowest BCUT2D eigenvalue weighted by molar-refractivity contribution is 0.820. The summed E-state index contributed by atoms with van der Waals surface area (Å²) in [4.78, 5) is 13.9. The smallest absolute Gasteiger partial charge is 0.251 e. The Balaban J connectivity index is 2.29. The lowest BCUT2D eigenvalue weighted by atomic mass is 10.1. The van der Waals surface area contributed by atoms with E-state index in [1.165, 1.54) is 18.4 Å². The van der Waals surface area contributed by atoms with Crippen molar-refractivity contribution in [1.29, 1.82) is 0 Å². The van der Waals surface area contributed by atoms with Crippen LogP contribution in [0.2, 0.25) is 0 Å². The second-order valence-corrected chi connectivity index (χ2v) is 3.60. The van der Waals surface area contributed by atoms with Gasteiger partial charge in [-0.2, -0.15) is 0 Å². The molecular weight excluding hydrogens is 150 g/mol. The molecule has 2 nitrogen and oxygen atoms in total. The molecule has 64 valence electrons. The topological polar surface area (TPSA) is 32.9 Å². The van der Waals surface area contributed by atoms with Crippen LogP contribution in [0, 0.1) is 12.8 Å². The number of H-pyrrole nitrogens is 1. The Morgan fingerprint density at radius 3 is 3.00 bits per heavy atom. The van der Waals surface area contributed by atoms with E-state index in [2.05, 4.69) is 4.98 Å². The van der Waals surface area contributed by atoms with E-state index in [-0.39, 0.29) is 5.56 Å². The van der Waals surface area contributed by atoms with Crippen LogP contribution in [-0.4, -0.2) is 4.98 Å². The first kappa shape index (κ1) is 7.59. The molecule has 1 aliphatic rings. The molecule has 1 fully saturated rings. The highest BCUT2D eigenvalue weighted by atomic mass is 16.1. The zero-order valence-corrected chi connectivity index (χ0v) is 7.26. The molecule has 0 bridgehead atoms. The summed E-state index contributed by atoms with van der Waals surface area (Å²) in [5.74, 6) is 0.852. The van der Waals surface area contributed by atoms with Crippen LogP contribution < -0.4 is 5.56 Å². The Morgan fingerprint density at radius 2 is 2.33 bits per heavy atom. The van der Waals surface area contributed by atoms with Crippen molar-refractivity contribution < 1.29 is 0 Å². The molecular formula is C10H13NO. The fraction of sp³-hybridized carbons (Fsp3) is 0.500. The van der Waals surface area contributed by atoms with Gasteiger partial charge < -0.3 is 4.98 Å². The number of nitrogens with one attached hydrogen (secondary N) is 1. The Hall–Kier alpha value is -1.05. The molecule has 0 saturated heterocycles. The average Bonchev–Trinajstić information content (AvgIpc) is 2.83. The molecule has 0 spiro atoms. The normalized spacial score (nSPS) is 16.4. The van der Waals surface area contributed by atoms with Crippen LogP contribution in [0.4, 0.5) is 0 Å². The van der Waals surface area contributed by atoms with E-state index in [9.17, 15) is 4.79 Å². The van der Waals surface area contributed by atoms with Gasteiger partial charge >= 0.3 is 0 Å². The van der Waals surface area contributed by atoms with Crippen molar-refractivity contribution >= 4 is 0 Å². The van der Waals surface area contributed by atoms with E-state index in [4.69, 9.17) is 0 Å². The number of aromatic amines is 1. The van der Waals surface area contributed by atoms with E-state index in [0.717, 1.165) is 17.9 Å². The van der Waals surface area contributed by atoms with Crippen LogP contribution in [0.15, 0.2) is 17.1 Å². The van der Waals surface area contributed by atoms with E-state index in [1.807, 2.05) is 13.0 Å². The second-order valence-electron chi connectivity index (χ2n) is 3.60. The minimum absolute atomic E-state index is 0.0631. The Morgan fingerprint density at radius 1 is 1.58 bits per heavy atom. The van der Waals surface area contributed by atoms with Gasteiger partial charge in [0.25, 0.3) is 5.56 Å². The van der Waals surface area contributed by atoms with Gasteiger partial charge in [-0.25, -0.2) is 0 Å². The van der Waals surface area contributed by atoms with Crippen LogP contribution in [-0.2, 0) is 6.42 Å². The number of aromatic nitrogens is 1. The fourth-order valence-corrected chi connectivity index (χ4v) is 1.45. The molecule has 2 rings (SSSR count). The molecule has 1 aromatic rings. The number of hydrogen-bond acceptors (Lipinski definition) is 1. The lowest BCUT2D eigenvalue weighted by Gasteiger charge is -2.01. The van der Waals surface area contributed by atoms with Crippen molar-refractivity contribution in [1.82, 2.24) is 4.98 Å². The molecule has 0 atom stereocenters. The predicted octanol–water partition coefficient (Wildman–Crippen LogP) is 1.64. The molecule has 12 heavy (non-hydrogen) atoms. The molecule has 2 heteroatoms. The van der Waals surface area contributed by atoms with Gasteiger partial charge in [-0.15, -0.1) is 0 Å². The maximum Gasteiger partial charge on any atom is 0.251 e. The number of hydrogen-bond donors (Lipinski definition) is 1. The molecule has 1 heterocycles. The third-order valence-corrected chi connectivity index (χ3v) is 2.53. The summed E-state index contributed by atoms with van der Waals surface area (Å²) in [6, 6.07) is 2.02. The highest BCUT2D eigenvalue weighted by Crippen LogP contribution is 2.32. The predicted molar refractivity (Wildman–Crippen MR) is 48.2 cm³/mol. The van der Waals surface area contributed by atoms with Crippen molar-refractivity contribution in [3.05, 3.63) is 33.7 Å². The maximum atomic E-state index is 11.2. The number of pyridine rings is 1. The van der Waals surface area contributed by atoms with Gasteiger partial charge in [0.15, 0.2) is 0 Å². The molecule has 1 aliphatic carbocycles. The van der Waals surface area contributed by atoms with Crippen LogP contribution in [0.1, 0.15) is 24.0 Å². The van der Waals surface area contributed by atoms with Crippen LogP contribution >= 0.6 is 0 Å². The van der Waals surface area contributed by atoms with Crippen molar-refractivity contribution in [2.75, 3.05) is 0 Å². The molecule has 0 unspecified atom stereocenters. The van der Waals surface area contributed by atoms with Gasteiger partial charge in [-0.3, -0.25) is 4.79 Å². The van der Waals surface area contributed by atoms with Gasteiger partial charge in [0.1, 0.15) is 0 Å². The van der Waals surface area contributed by atoms with Crippen molar-refractivity contribution in [2.45, 2.75) is 26.2 Å². The van der Waals surface area contributed by atoms with Gasteiger partial charge in [-0.05, 0) is 43.7 Å². The van der Waals surface area contributed by atoms with E-state index >= 15 is 0 Å². The first-order chi connectivity index (χ1) is 5.77. The molecule has 1 aromatic heterocycles. The highest BCUT2D eigenvalue weighted by molar-refractivity contribution is 5.22. The summed E-state index contributed by atoms with van der Waals surface area (Å²) >= 11 is 0. The van der Waals surface area contributed by atoms with Gasteiger partial charge in [0, 0.05) is 11.8 Å². The summed E-state index contributed by atoms with van der Waals surface area (Å²) in [6.45, 7) is 1.90. The Kier molecular flexibility index (Phi) is 1.75. The fourth-order valence-electron chi connectivity index (χ4n) is 1.45. The quantitative estimate of drug-likeness (QED) is 0.706. The first-order valence-corrected chi connectivity index (χ1v) is 4.44. The SMILES string of the molecule is Cc1c(CC2CC2)cc[nH]c1=O. The molecule has 1 saturated carbocycles. The summed E-state index contributed by atoms with van der Waals surface area (Å²) in [6.07, 6.45) is 5.52. The minimum atomic E-state index is 0.0631. The third kappa shape index (κ3) is 1.42. The molecule has 0 aliphatic heterocycles. The average molecular weight is 163 g/mol. The second kappa shape index (κ2) is 2.77. The summed E-state index contributed by atoms with van der Waals surface area (Å²) in [5.41, 5.74) is 2.18. The molecule has 0 radical (unpaired) electrons. The summed E-state index contributed by atoms with van der Waals surface area (Å²) < 4.78 is 0. The summed E-state index contributed by atoms with van der Waals surface area (Å²) in [5, 5.41) is 0. The standard InChI is InChI=1S/C10H13NO/c1-7-9(6-8-2-3-8)4-5-11-10(7)12/h4-5,8H,2-3,6H2,1H3,(H,11,12). The van der Waals surface area contributed by atoms with Crippen LogP contribution in [0.3, 0.4) is 0 Å². The van der Waals surface area contributed by atoms with Gasteiger partial charge in [-0.1, -0.05) is 0 Å². The van der Waals surface area contributed by atoms with E-state index in [1.54, 1.807) is 6.20 Å². The van der Waals surface area contributed by atoms with E-state index < -0.39 is 0 Å². The molecule has 0 amide bonds. The van der Waals surface area contributed by atoms with E-state index in [0.29, 0.717) is 0 Å². The van der Waals surface area contributed by atoms with Crippen molar-refractivity contribution in [3.63, 3.8) is 0 Å². The first-order valence-electron chi connectivity index (χ1n) is 4.44. The Bertz CT molecular complexity index is 336. The van der Waals surface area contributed by atoms with Crippen molar-refractivity contribution in [3.8, 4) is 0 Å². The molecule has 1 N–H and O–H groups in total. The van der Waals surface area contributed by atoms with Crippen LogP contribution in [0.5, 0.6) is 0 Å². The maximum absolute atomic E-state index is 11.2. The third-order valence-electron chi connectivity index (χ3n) is 2.53. The largest absolute Gasteiger partial charge is 0.329 e.